The number of ether oxygens (including phenoxy) is 2. The number of amides is 2. The fraction of sp³-hybridized carbons (Fsp3) is 0.333. The number of hydrogen-bond acceptors (Lipinski definition) is 5. The summed E-state index contributed by atoms with van der Waals surface area (Å²) in [6.45, 7) is 6.56. The Morgan fingerprint density at radius 3 is 2.39 bits per heavy atom. The van der Waals surface area contributed by atoms with Crippen molar-refractivity contribution in [3.63, 3.8) is 0 Å². The Labute approximate surface area is 187 Å². The topological polar surface area (TPSA) is 67.9 Å². The van der Waals surface area contributed by atoms with E-state index in [1.165, 1.54) is 4.90 Å². The van der Waals surface area contributed by atoms with E-state index < -0.39 is 0 Å². The molecule has 0 bridgehead atoms. The molecule has 6 nitrogen and oxygen atoms in total. The van der Waals surface area contributed by atoms with Gasteiger partial charge in [-0.15, -0.1) is 0 Å². The lowest BCUT2D eigenvalue weighted by molar-refractivity contribution is -0.137. The highest BCUT2D eigenvalue weighted by Gasteiger charge is 2.38. The number of carbonyl (C=O) groups excluding carboxylic acids is 2. The summed E-state index contributed by atoms with van der Waals surface area (Å²) in [6, 6.07) is 12.5. The van der Waals surface area contributed by atoms with E-state index in [0.29, 0.717) is 40.6 Å². The first-order valence-electron chi connectivity index (χ1n) is 10.2. The Bertz CT molecular complexity index is 999. The Morgan fingerprint density at radius 1 is 1.06 bits per heavy atom. The van der Waals surface area contributed by atoms with Gasteiger partial charge in [-0.1, -0.05) is 29.8 Å². The SMILES string of the molecule is COc1ccc(C2=C(Nc3ccc(C)c(Cl)c3)C(=O)N(CCCOC(C)C)C2=O)cc1. The fourth-order valence-electron chi connectivity index (χ4n) is 3.28. The molecule has 1 N–H and O–H groups in total. The molecule has 0 unspecified atom stereocenters. The minimum absolute atomic E-state index is 0.0986. The second-order valence-electron chi connectivity index (χ2n) is 7.60. The fourth-order valence-corrected chi connectivity index (χ4v) is 3.46. The molecule has 0 spiro atoms. The zero-order valence-corrected chi connectivity index (χ0v) is 19.0. The van der Waals surface area contributed by atoms with E-state index in [4.69, 9.17) is 21.1 Å². The Morgan fingerprint density at radius 2 is 1.77 bits per heavy atom. The summed E-state index contributed by atoms with van der Waals surface area (Å²) in [5.74, 6) is -0.0267. The van der Waals surface area contributed by atoms with E-state index in [1.54, 1.807) is 37.4 Å². The number of rotatable bonds is 9. The van der Waals surface area contributed by atoms with Gasteiger partial charge in [0.1, 0.15) is 11.4 Å². The van der Waals surface area contributed by atoms with Crippen molar-refractivity contribution in [2.75, 3.05) is 25.6 Å². The number of anilines is 1. The van der Waals surface area contributed by atoms with Crippen molar-refractivity contribution in [2.24, 2.45) is 0 Å². The van der Waals surface area contributed by atoms with Crippen LogP contribution < -0.4 is 10.1 Å². The number of nitrogens with zero attached hydrogens (tertiary/aromatic N) is 1. The maximum absolute atomic E-state index is 13.2. The molecular weight excluding hydrogens is 416 g/mol. The average Bonchev–Trinajstić information content (AvgIpc) is 2.97. The zero-order valence-electron chi connectivity index (χ0n) is 18.2. The third-order valence-electron chi connectivity index (χ3n) is 4.97. The first-order valence-corrected chi connectivity index (χ1v) is 10.6. The predicted octanol–water partition coefficient (Wildman–Crippen LogP) is 4.66. The molecule has 0 aromatic heterocycles. The first kappa shape index (κ1) is 22.8. The zero-order chi connectivity index (χ0) is 22.5. The van der Waals surface area contributed by atoms with Crippen molar-refractivity contribution < 1.29 is 19.1 Å². The van der Waals surface area contributed by atoms with Crippen molar-refractivity contribution in [3.8, 4) is 5.75 Å². The second kappa shape index (κ2) is 9.98. The number of aryl methyl sites for hydroxylation is 1. The summed E-state index contributed by atoms with van der Waals surface area (Å²) in [5.41, 5.74) is 2.77. The van der Waals surface area contributed by atoms with Crippen LogP contribution in [0.4, 0.5) is 5.69 Å². The molecule has 2 aromatic rings. The maximum atomic E-state index is 13.2. The quantitative estimate of drug-likeness (QED) is 0.451. The van der Waals surface area contributed by atoms with E-state index in [-0.39, 0.29) is 30.2 Å². The second-order valence-corrected chi connectivity index (χ2v) is 8.01. The number of halogens is 1. The van der Waals surface area contributed by atoms with Gasteiger partial charge in [-0.2, -0.15) is 0 Å². The molecule has 0 aliphatic carbocycles. The molecule has 0 fully saturated rings. The molecule has 1 aliphatic rings. The molecule has 1 heterocycles. The highest BCUT2D eigenvalue weighted by Crippen LogP contribution is 2.32. The van der Waals surface area contributed by atoms with Gasteiger partial charge in [0.05, 0.1) is 18.8 Å². The lowest BCUT2D eigenvalue weighted by atomic mass is 10.0. The minimum atomic E-state index is -0.364. The Balaban J connectivity index is 1.92. The van der Waals surface area contributed by atoms with Crippen LogP contribution in [0.25, 0.3) is 5.57 Å². The molecule has 31 heavy (non-hydrogen) atoms. The van der Waals surface area contributed by atoms with Crippen LogP contribution in [0.1, 0.15) is 31.4 Å². The van der Waals surface area contributed by atoms with Crippen LogP contribution in [-0.2, 0) is 14.3 Å². The van der Waals surface area contributed by atoms with E-state index in [9.17, 15) is 9.59 Å². The molecule has 164 valence electrons. The summed E-state index contributed by atoms with van der Waals surface area (Å²) in [5, 5.41) is 3.71. The third kappa shape index (κ3) is 5.27. The normalized spacial score (nSPS) is 14.1. The number of carbonyl (C=O) groups is 2. The van der Waals surface area contributed by atoms with Gasteiger partial charge >= 0.3 is 0 Å². The van der Waals surface area contributed by atoms with Crippen LogP contribution in [0.3, 0.4) is 0 Å². The van der Waals surface area contributed by atoms with Gasteiger partial charge in [-0.25, -0.2) is 0 Å². The molecule has 1 aliphatic heterocycles. The van der Waals surface area contributed by atoms with Gasteiger partial charge in [-0.05, 0) is 62.6 Å². The van der Waals surface area contributed by atoms with Crippen molar-refractivity contribution in [1.82, 2.24) is 4.90 Å². The average molecular weight is 443 g/mol. The van der Waals surface area contributed by atoms with Gasteiger partial charge in [0, 0.05) is 23.9 Å². The van der Waals surface area contributed by atoms with Crippen LogP contribution in [0, 0.1) is 6.92 Å². The Hall–Kier alpha value is -2.83. The highest BCUT2D eigenvalue weighted by molar-refractivity contribution is 6.36. The van der Waals surface area contributed by atoms with Gasteiger partial charge in [0.15, 0.2) is 0 Å². The number of hydrogen-bond donors (Lipinski definition) is 1. The van der Waals surface area contributed by atoms with Crippen LogP contribution in [-0.4, -0.2) is 43.1 Å². The number of methoxy groups -OCH3 is 1. The number of nitrogens with one attached hydrogen (secondary N) is 1. The van der Waals surface area contributed by atoms with Crippen molar-refractivity contribution in [1.29, 1.82) is 0 Å². The molecule has 0 saturated carbocycles. The maximum Gasteiger partial charge on any atom is 0.278 e. The summed E-state index contributed by atoms with van der Waals surface area (Å²) in [4.78, 5) is 27.7. The van der Waals surface area contributed by atoms with Gasteiger partial charge in [0.25, 0.3) is 11.8 Å². The molecule has 7 heteroatoms. The van der Waals surface area contributed by atoms with Crippen molar-refractivity contribution >= 4 is 34.7 Å². The molecule has 0 saturated heterocycles. The molecular formula is C24H27ClN2O4. The molecule has 2 aromatic carbocycles. The molecule has 0 radical (unpaired) electrons. The summed E-state index contributed by atoms with van der Waals surface area (Å²) in [6.07, 6.45) is 0.663. The Kier molecular flexibility index (Phi) is 7.36. The van der Waals surface area contributed by atoms with E-state index in [0.717, 1.165) is 5.56 Å². The lowest BCUT2D eigenvalue weighted by Crippen LogP contribution is -2.34. The molecule has 0 atom stereocenters. The smallest absolute Gasteiger partial charge is 0.278 e. The standard InChI is InChI=1S/C24H27ClN2O4/c1-15(2)31-13-5-12-27-23(28)21(17-7-10-19(30-4)11-8-17)22(24(27)29)26-18-9-6-16(3)20(25)14-18/h6-11,14-15,26H,5,12-13H2,1-4H3. The molecule has 3 rings (SSSR count). The van der Waals surface area contributed by atoms with Crippen molar-refractivity contribution in [3.05, 3.63) is 64.3 Å². The first-order chi connectivity index (χ1) is 14.8. The molecule has 2 amide bonds. The van der Waals surface area contributed by atoms with E-state index in [2.05, 4.69) is 5.32 Å². The van der Waals surface area contributed by atoms with E-state index in [1.807, 2.05) is 32.9 Å². The highest BCUT2D eigenvalue weighted by atomic mass is 35.5. The lowest BCUT2D eigenvalue weighted by Gasteiger charge is -2.16. The third-order valence-corrected chi connectivity index (χ3v) is 5.37. The summed E-state index contributed by atoms with van der Waals surface area (Å²) >= 11 is 6.24. The van der Waals surface area contributed by atoms with Crippen molar-refractivity contribution in [2.45, 2.75) is 33.3 Å². The van der Waals surface area contributed by atoms with Crippen LogP contribution in [0.2, 0.25) is 5.02 Å². The van der Waals surface area contributed by atoms with Gasteiger partial charge in [0.2, 0.25) is 0 Å². The largest absolute Gasteiger partial charge is 0.497 e. The number of imide groups is 1. The van der Waals surface area contributed by atoms with Crippen LogP contribution in [0.5, 0.6) is 5.75 Å². The van der Waals surface area contributed by atoms with Crippen LogP contribution >= 0.6 is 11.6 Å². The predicted molar refractivity (Wildman–Crippen MR) is 122 cm³/mol. The minimum Gasteiger partial charge on any atom is -0.497 e. The monoisotopic (exact) mass is 442 g/mol. The van der Waals surface area contributed by atoms with E-state index >= 15 is 0 Å². The summed E-state index contributed by atoms with van der Waals surface area (Å²) in [7, 11) is 1.58. The van der Waals surface area contributed by atoms with Gasteiger partial charge < -0.3 is 14.8 Å². The number of benzene rings is 2. The summed E-state index contributed by atoms with van der Waals surface area (Å²) < 4.78 is 10.8. The van der Waals surface area contributed by atoms with Crippen LogP contribution in [0.15, 0.2) is 48.2 Å². The van der Waals surface area contributed by atoms with Gasteiger partial charge in [-0.3, -0.25) is 14.5 Å².